The summed E-state index contributed by atoms with van der Waals surface area (Å²) in [6, 6.07) is 26.9. The van der Waals surface area contributed by atoms with Gasteiger partial charge in [0, 0.05) is 166 Å². The minimum Gasteiger partial charge on any atom is -0.775 e. The summed E-state index contributed by atoms with van der Waals surface area (Å²) in [4.78, 5) is 94.3. The van der Waals surface area contributed by atoms with E-state index in [9.17, 15) is 57.4 Å². The van der Waals surface area contributed by atoms with Crippen molar-refractivity contribution in [1.82, 2.24) is 0 Å². The molecule has 8 aromatic carbocycles. The fourth-order valence-electron chi connectivity index (χ4n) is 14.7. The summed E-state index contributed by atoms with van der Waals surface area (Å²) < 4.78 is 105. The van der Waals surface area contributed by atoms with Crippen molar-refractivity contribution in [2.45, 2.75) is 209 Å². The fourth-order valence-corrected chi connectivity index (χ4v) is 17.2. The minimum absolute atomic E-state index is 0.130. The Morgan fingerprint density at radius 2 is 0.336 bits per heavy atom. The monoisotopic (exact) mass is 1680 g/mol. The van der Waals surface area contributed by atoms with E-state index in [-0.39, 0.29) is 120 Å². The van der Waals surface area contributed by atoms with Gasteiger partial charge in [0.1, 0.15) is 68.7 Å². The molecule has 0 saturated heterocycles. The topological polar surface area (TPSA) is 426 Å². The minimum atomic E-state index is -5.29. The van der Waals surface area contributed by atoms with Crippen LogP contribution in [0.25, 0.3) is 0 Å². The van der Waals surface area contributed by atoms with Crippen molar-refractivity contribution in [1.29, 1.82) is 0 Å². The molecule has 4 unspecified atom stereocenters. The van der Waals surface area contributed by atoms with Crippen LogP contribution < -0.4 is 102 Å². The van der Waals surface area contributed by atoms with Crippen LogP contribution in [0.3, 0.4) is 0 Å². The normalized spacial score (nSPS) is 14.7. The maximum Gasteiger partial charge on any atom is 0.162 e. The van der Waals surface area contributed by atoms with Crippen molar-refractivity contribution >= 4 is 74.4 Å². The third-order valence-corrected chi connectivity index (χ3v) is 24.1. The van der Waals surface area contributed by atoms with Crippen LogP contribution in [0.4, 0.5) is 22.7 Å². The van der Waals surface area contributed by atoms with Crippen LogP contribution in [0.1, 0.15) is 247 Å². The highest BCUT2D eigenvalue weighted by Crippen LogP contribution is 2.47. The summed E-state index contributed by atoms with van der Waals surface area (Å²) in [7, 11) is -21.2. The van der Waals surface area contributed by atoms with E-state index in [1.54, 1.807) is 0 Å². The van der Waals surface area contributed by atoms with Gasteiger partial charge in [-0.15, -0.1) is 0 Å². The van der Waals surface area contributed by atoms with Crippen LogP contribution in [-0.2, 0) is 69.6 Å². The lowest BCUT2D eigenvalue weighted by Gasteiger charge is -2.27. The molecule has 16 bridgehead atoms. The van der Waals surface area contributed by atoms with E-state index in [0.717, 1.165) is 142 Å². The molecule has 4 atom stereocenters. The molecule has 16 N–H and O–H groups in total. The van der Waals surface area contributed by atoms with Gasteiger partial charge in [-0.3, -0.25) is 0 Å². The first kappa shape index (κ1) is 92.5. The number of ether oxygens (including phenoxy) is 8. The Morgan fingerprint density at radius 1 is 0.233 bits per heavy atom. The molecule has 0 saturated carbocycles. The lowest BCUT2D eigenvalue weighted by Crippen LogP contribution is -2.40. The molecule has 0 radical (unpaired) electrons. The third kappa shape index (κ3) is 25.3. The van der Waals surface area contributed by atoms with E-state index in [2.05, 4.69) is 99.2 Å². The van der Waals surface area contributed by atoms with Gasteiger partial charge in [-0.25, -0.2) is 0 Å². The number of hydrogen-bond donors (Lipinski definition) is 8. The largest absolute Gasteiger partial charge is 0.775 e. The first-order valence-electron chi connectivity index (χ1n) is 41.1. The van der Waals surface area contributed by atoms with E-state index >= 15 is 0 Å². The van der Waals surface area contributed by atoms with Gasteiger partial charge < -0.3 is 118 Å². The Labute approximate surface area is 683 Å². The molecule has 2 aliphatic carbocycles. The molecule has 0 fully saturated rings. The SMILES string of the molecule is CCCCOc1c2cc(P(=O)([O-])O)cc1Cc1cc(P(=O)([O-])O)cc(c1OCCCC)Cc1cc(P(=O)([O-])O)cc(c1OCCCC)Cc1cc(P(=O)([O-])O)cc(c1OCCCC)C2.CCCCOc1c2cc([NH3+])cc1Cc1cc([NH3+])cc(c1OCCCC)Cc1cc([NH3+])cc(c1OCCCC)Cc1cc([NH3+])cc(c1OCCCC)C2. The molecule has 28 heteroatoms. The molecular weight excluding hydrogens is 1560 g/mol. The molecule has 24 nitrogen and oxygen atoms in total. The van der Waals surface area contributed by atoms with Crippen LogP contribution in [0, 0.1) is 0 Å². The van der Waals surface area contributed by atoms with E-state index in [4.69, 9.17) is 37.9 Å². The number of fused-ring (bicyclic) bond motifs is 16. The second-order valence-electron chi connectivity index (χ2n) is 30.5. The van der Waals surface area contributed by atoms with E-state index in [1.165, 1.54) is 48.5 Å². The Kier molecular flexibility index (Phi) is 34.3. The zero-order chi connectivity index (χ0) is 84.1. The average Bonchev–Trinajstić information content (AvgIpc) is 0.760. The number of hydrogen-bond acceptors (Lipinski definition) is 16. The second kappa shape index (κ2) is 43.0. The molecule has 0 aliphatic heterocycles. The predicted octanol–water partition coefficient (Wildman–Crippen LogP) is 10.3. The number of unbranched alkanes of at least 4 members (excludes halogenated alkanes) is 8. The summed E-state index contributed by atoms with van der Waals surface area (Å²) in [5.41, 5.74) is 31.6. The first-order valence-corrected chi connectivity index (χ1v) is 47.4. The Morgan fingerprint density at radius 3 is 0.431 bits per heavy atom. The van der Waals surface area contributed by atoms with E-state index in [0.29, 0.717) is 103 Å². The number of rotatable bonds is 36. The van der Waals surface area contributed by atoms with Gasteiger partial charge >= 0.3 is 0 Å². The predicted molar refractivity (Wildman–Crippen MR) is 445 cm³/mol. The molecular formula is C88H120N4O20P4. The molecule has 2 aliphatic rings. The smallest absolute Gasteiger partial charge is 0.162 e. The van der Waals surface area contributed by atoms with Crippen LogP contribution in [-0.4, -0.2) is 72.4 Å². The summed E-state index contributed by atoms with van der Waals surface area (Å²) >= 11 is 0. The molecule has 0 spiro atoms. The standard InChI is InChI=1S/C44H60N4O4.C44H60O16P4/c1-5-9-13-49-41-29-17-31-23-38(46)25-33(42(31)50-14-10-6-2)19-35-27-40(48)28-36(44(35)52-16-12-8-4)20-34-26-39(47)24-32(43(34)51-15-11-7-3)18-30(41)22-37(45)21-29;1-5-9-13-57-41-29-17-31-23-38(62(48,49)50)25-33(42(31)58-14-10-6-2)19-35-27-40(64(54,55)56)28-36(44(35)60-16-12-8-4)20-34-26-39(63(51,52)53)24-32(43(34)59-15-11-7-3)18-30(41)22-37(21-29)61(45,46)47/h21-28H,5-20,45-48H2,1-4H3;21-28H,5-20H2,1-4H3,(H2,45,46,47)(H2,48,49,50)(H2,51,52,53)(H2,54,55,56). The highest BCUT2D eigenvalue weighted by atomic mass is 31.2. The highest BCUT2D eigenvalue weighted by Gasteiger charge is 2.31. The maximum absolute atomic E-state index is 13.0. The Bertz CT molecular complexity index is 4110. The van der Waals surface area contributed by atoms with Gasteiger partial charge in [0.05, 0.1) is 52.9 Å². The summed E-state index contributed by atoms with van der Waals surface area (Å²) in [6.07, 6.45) is 14.5. The van der Waals surface area contributed by atoms with Crippen molar-refractivity contribution in [3.8, 4) is 46.0 Å². The molecule has 0 heterocycles. The van der Waals surface area contributed by atoms with Crippen LogP contribution >= 0.6 is 30.4 Å². The van der Waals surface area contributed by atoms with E-state index in [1.807, 2.05) is 27.7 Å². The van der Waals surface area contributed by atoms with Crippen molar-refractivity contribution in [3.05, 3.63) is 186 Å². The Balaban J connectivity index is 0.000000271. The molecule has 0 amide bonds. The van der Waals surface area contributed by atoms with Gasteiger partial charge in [-0.1, -0.05) is 107 Å². The second-order valence-corrected chi connectivity index (χ2v) is 36.7. The summed E-state index contributed by atoms with van der Waals surface area (Å²) in [6.45, 7) is 19.6. The summed E-state index contributed by atoms with van der Waals surface area (Å²) in [5, 5.41) is -2.14. The quantitative estimate of drug-likeness (QED) is 0.0134. The van der Waals surface area contributed by atoms with Crippen molar-refractivity contribution < 1.29 is 118 Å². The van der Waals surface area contributed by atoms with Gasteiger partial charge in [0.15, 0.2) is 30.4 Å². The number of benzene rings is 8. The fraction of sp³-hybridized carbons (Fsp3) is 0.455. The lowest BCUT2D eigenvalue weighted by atomic mass is 9.90. The Hall–Kier alpha value is -7.40. The van der Waals surface area contributed by atoms with Crippen LogP contribution in [0.2, 0.25) is 0 Å². The first-order chi connectivity index (χ1) is 55.3. The van der Waals surface area contributed by atoms with E-state index < -0.39 is 51.6 Å². The lowest BCUT2D eigenvalue weighted by molar-refractivity contribution is -0.255. The van der Waals surface area contributed by atoms with Gasteiger partial charge in [-0.05, 0) is 144 Å². The molecule has 0 aromatic heterocycles. The molecule has 10 rings (SSSR count). The number of quaternary nitrogens is 4. The molecule has 632 valence electrons. The average molecular weight is 1680 g/mol. The molecule has 8 aromatic rings. The van der Waals surface area contributed by atoms with Crippen molar-refractivity contribution in [3.63, 3.8) is 0 Å². The van der Waals surface area contributed by atoms with Gasteiger partial charge in [0.2, 0.25) is 0 Å². The third-order valence-electron chi connectivity index (χ3n) is 20.4. The van der Waals surface area contributed by atoms with Crippen LogP contribution in [0.5, 0.6) is 46.0 Å². The van der Waals surface area contributed by atoms with Gasteiger partial charge in [-0.2, -0.15) is 0 Å². The van der Waals surface area contributed by atoms with Crippen LogP contribution in [0.15, 0.2) is 97.1 Å². The zero-order valence-corrected chi connectivity index (χ0v) is 72.4. The van der Waals surface area contributed by atoms with Crippen molar-refractivity contribution in [2.75, 3.05) is 52.9 Å². The highest BCUT2D eigenvalue weighted by molar-refractivity contribution is 7.59. The summed E-state index contributed by atoms with van der Waals surface area (Å²) in [5.74, 6) is 4.25. The zero-order valence-electron chi connectivity index (χ0n) is 68.8. The maximum atomic E-state index is 13.0. The molecule has 116 heavy (non-hydrogen) atoms. The van der Waals surface area contributed by atoms with Crippen molar-refractivity contribution in [2.24, 2.45) is 0 Å². The van der Waals surface area contributed by atoms with Gasteiger partial charge in [0.25, 0.3) is 0 Å².